The average Bonchev–Trinajstić information content (AvgIpc) is 3.31. The van der Waals surface area contributed by atoms with Crippen molar-refractivity contribution < 1.29 is 9.15 Å². The highest BCUT2D eigenvalue weighted by Crippen LogP contribution is 2.34. The monoisotopic (exact) mass is 350 g/mol. The first-order chi connectivity index (χ1) is 12.8. The summed E-state index contributed by atoms with van der Waals surface area (Å²) in [4.78, 5) is 6.60. The summed E-state index contributed by atoms with van der Waals surface area (Å²) >= 11 is 0. The number of ether oxygens (including phenoxy) is 1. The van der Waals surface area contributed by atoms with Crippen molar-refractivity contribution >= 4 is 0 Å². The van der Waals surface area contributed by atoms with E-state index in [1.165, 1.54) is 5.56 Å². The van der Waals surface area contributed by atoms with E-state index in [1.54, 1.807) is 13.3 Å². The Morgan fingerprint density at radius 1 is 1.12 bits per heavy atom. The average molecular weight is 350 g/mol. The predicted molar refractivity (Wildman–Crippen MR) is 97.4 cm³/mol. The fourth-order valence-corrected chi connectivity index (χ4v) is 3.58. The van der Waals surface area contributed by atoms with Crippen LogP contribution in [0, 0.1) is 5.92 Å². The lowest BCUT2D eigenvalue weighted by Crippen LogP contribution is -2.21. The van der Waals surface area contributed by atoms with Crippen molar-refractivity contribution in [2.75, 3.05) is 26.8 Å². The molecule has 1 fully saturated rings. The molecule has 2 aromatic heterocycles. The topological polar surface area (TPSA) is 64.3 Å². The van der Waals surface area contributed by atoms with Crippen molar-refractivity contribution in [3.05, 3.63) is 66.3 Å². The van der Waals surface area contributed by atoms with Crippen LogP contribution in [0.1, 0.15) is 17.4 Å². The maximum atomic E-state index is 6.01. The lowest BCUT2D eigenvalue weighted by molar-refractivity contribution is 0.144. The SMILES string of the molecule is COC[C@@H]1CN(Cc2cccnc2)C[C@H]1c1nnc(-c2ccccc2)o1. The molecule has 0 aliphatic carbocycles. The van der Waals surface area contributed by atoms with Crippen LogP contribution in [0.15, 0.2) is 59.3 Å². The lowest BCUT2D eigenvalue weighted by atomic mass is 9.97. The Kier molecular flexibility index (Phi) is 5.04. The van der Waals surface area contributed by atoms with Gasteiger partial charge in [-0.3, -0.25) is 9.88 Å². The maximum absolute atomic E-state index is 6.01. The number of hydrogen-bond acceptors (Lipinski definition) is 6. The van der Waals surface area contributed by atoms with Gasteiger partial charge in [-0.05, 0) is 23.8 Å². The molecule has 1 saturated heterocycles. The molecule has 0 radical (unpaired) electrons. The van der Waals surface area contributed by atoms with Gasteiger partial charge in [0.2, 0.25) is 11.8 Å². The zero-order valence-electron chi connectivity index (χ0n) is 14.8. The highest BCUT2D eigenvalue weighted by molar-refractivity contribution is 5.51. The number of hydrogen-bond donors (Lipinski definition) is 0. The molecule has 26 heavy (non-hydrogen) atoms. The van der Waals surface area contributed by atoms with Crippen LogP contribution in [-0.4, -0.2) is 46.9 Å². The van der Waals surface area contributed by atoms with Gasteiger partial charge in [0.25, 0.3) is 0 Å². The quantitative estimate of drug-likeness (QED) is 0.681. The summed E-state index contributed by atoms with van der Waals surface area (Å²) in [6, 6.07) is 13.9. The van der Waals surface area contributed by atoms with Crippen molar-refractivity contribution in [2.24, 2.45) is 5.92 Å². The molecule has 4 rings (SSSR count). The van der Waals surface area contributed by atoms with Crippen LogP contribution in [0.4, 0.5) is 0 Å². The van der Waals surface area contributed by atoms with Crippen molar-refractivity contribution in [3.63, 3.8) is 0 Å². The van der Waals surface area contributed by atoms with Gasteiger partial charge in [-0.2, -0.15) is 0 Å². The van der Waals surface area contributed by atoms with E-state index in [0.717, 1.165) is 25.2 Å². The molecule has 0 bridgehead atoms. The molecular formula is C20H22N4O2. The van der Waals surface area contributed by atoms with Crippen molar-refractivity contribution in [3.8, 4) is 11.5 Å². The molecule has 3 aromatic rings. The first-order valence-corrected chi connectivity index (χ1v) is 8.82. The third kappa shape index (κ3) is 3.66. The van der Waals surface area contributed by atoms with Gasteiger partial charge in [0, 0.05) is 50.6 Å². The first kappa shape index (κ1) is 16.9. The van der Waals surface area contributed by atoms with E-state index in [4.69, 9.17) is 9.15 Å². The van der Waals surface area contributed by atoms with Gasteiger partial charge in [-0.15, -0.1) is 10.2 Å². The van der Waals surface area contributed by atoms with Gasteiger partial charge in [0.15, 0.2) is 0 Å². The molecule has 0 unspecified atom stereocenters. The van der Waals surface area contributed by atoms with Gasteiger partial charge in [-0.1, -0.05) is 24.3 Å². The lowest BCUT2D eigenvalue weighted by Gasteiger charge is -2.15. The number of pyridine rings is 1. The normalized spacial score (nSPS) is 20.5. The third-order valence-corrected chi connectivity index (χ3v) is 4.80. The minimum Gasteiger partial charge on any atom is -0.420 e. The van der Waals surface area contributed by atoms with E-state index in [1.807, 2.05) is 42.6 Å². The van der Waals surface area contributed by atoms with Crippen LogP contribution >= 0.6 is 0 Å². The number of likely N-dealkylation sites (tertiary alicyclic amines) is 1. The standard InChI is InChI=1S/C20H22N4O2/c1-25-14-17-12-24(11-15-6-5-9-21-10-15)13-18(17)20-23-22-19(26-20)16-7-3-2-4-8-16/h2-10,17-18H,11-14H2,1H3/t17-,18+/m0/s1. The Hall–Kier alpha value is -2.57. The number of nitrogens with zero attached hydrogens (tertiary/aromatic N) is 4. The fourth-order valence-electron chi connectivity index (χ4n) is 3.58. The predicted octanol–water partition coefficient (Wildman–Crippen LogP) is 2.99. The van der Waals surface area contributed by atoms with Crippen molar-refractivity contribution in [2.45, 2.75) is 12.5 Å². The summed E-state index contributed by atoms with van der Waals surface area (Å²) in [6.07, 6.45) is 3.71. The van der Waals surface area contributed by atoms with Crippen molar-refractivity contribution in [1.29, 1.82) is 0 Å². The second kappa shape index (κ2) is 7.76. The molecule has 1 aliphatic heterocycles. The van der Waals surface area contributed by atoms with Gasteiger partial charge in [0.05, 0.1) is 12.5 Å². The van der Waals surface area contributed by atoms with E-state index in [9.17, 15) is 0 Å². The first-order valence-electron chi connectivity index (χ1n) is 8.82. The zero-order valence-corrected chi connectivity index (χ0v) is 14.8. The van der Waals surface area contributed by atoms with Gasteiger partial charge >= 0.3 is 0 Å². The second-order valence-corrected chi connectivity index (χ2v) is 6.69. The Morgan fingerprint density at radius 3 is 2.77 bits per heavy atom. The van der Waals surface area contributed by atoms with Crippen LogP contribution in [0.5, 0.6) is 0 Å². The Morgan fingerprint density at radius 2 is 2.00 bits per heavy atom. The highest BCUT2D eigenvalue weighted by Gasteiger charge is 2.37. The molecule has 1 aromatic carbocycles. The molecular weight excluding hydrogens is 328 g/mol. The van der Waals surface area contributed by atoms with Gasteiger partial charge < -0.3 is 9.15 Å². The summed E-state index contributed by atoms with van der Waals surface area (Å²) < 4.78 is 11.5. The van der Waals surface area contributed by atoms with Crippen LogP contribution in [-0.2, 0) is 11.3 Å². The molecule has 6 nitrogen and oxygen atoms in total. The molecule has 1 aliphatic rings. The van der Waals surface area contributed by atoms with E-state index in [0.29, 0.717) is 24.3 Å². The van der Waals surface area contributed by atoms with E-state index in [2.05, 4.69) is 26.1 Å². The van der Waals surface area contributed by atoms with Crippen LogP contribution in [0.25, 0.3) is 11.5 Å². The Labute approximate surface area is 152 Å². The number of rotatable bonds is 6. The third-order valence-electron chi connectivity index (χ3n) is 4.80. The second-order valence-electron chi connectivity index (χ2n) is 6.69. The smallest absolute Gasteiger partial charge is 0.247 e. The number of aromatic nitrogens is 3. The Bertz CT molecular complexity index is 822. The molecule has 0 spiro atoms. The van der Waals surface area contributed by atoms with Gasteiger partial charge in [0.1, 0.15) is 0 Å². The fraction of sp³-hybridized carbons (Fsp3) is 0.350. The van der Waals surface area contributed by atoms with E-state index in [-0.39, 0.29) is 5.92 Å². The van der Waals surface area contributed by atoms with E-state index >= 15 is 0 Å². The molecule has 3 heterocycles. The molecule has 0 N–H and O–H groups in total. The van der Waals surface area contributed by atoms with Crippen molar-refractivity contribution in [1.82, 2.24) is 20.1 Å². The van der Waals surface area contributed by atoms with Gasteiger partial charge in [-0.25, -0.2) is 0 Å². The molecule has 134 valence electrons. The number of benzene rings is 1. The molecule has 2 atom stereocenters. The highest BCUT2D eigenvalue weighted by atomic mass is 16.5. The maximum Gasteiger partial charge on any atom is 0.247 e. The summed E-state index contributed by atoms with van der Waals surface area (Å²) in [7, 11) is 1.74. The molecule has 0 amide bonds. The van der Waals surface area contributed by atoms with E-state index < -0.39 is 0 Å². The number of methoxy groups -OCH3 is 1. The summed E-state index contributed by atoms with van der Waals surface area (Å²) in [5.41, 5.74) is 2.15. The minimum atomic E-state index is 0.177. The largest absolute Gasteiger partial charge is 0.420 e. The van der Waals surface area contributed by atoms with Crippen LogP contribution in [0.2, 0.25) is 0 Å². The molecule has 6 heteroatoms. The minimum absolute atomic E-state index is 0.177. The zero-order chi connectivity index (χ0) is 17.8. The Balaban J connectivity index is 1.51. The van der Waals surface area contributed by atoms with Crippen LogP contribution in [0.3, 0.4) is 0 Å². The summed E-state index contributed by atoms with van der Waals surface area (Å²) in [5.74, 6) is 1.78. The molecule has 0 saturated carbocycles. The summed E-state index contributed by atoms with van der Waals surface area (Å²) in [5, 5.41) is 8.59. The van der Waals surface area contributed by atoms with Crippen LogP contribution < -0.4 is 0 Å². The summed E-state index contributed by atoms with van der Waals surface area (Å²) in [6.45, 7) is 3.36.